The first-order chi connectivity index (χ1) is 8.18. The summed E-state index contributed by atoms with van der Waals surface area (Å²) in [5, 5.41) is 0. The highest BCUT2D eigenvalue weighted by Crippen LogP contribution is 2.34. The van der Waals surface area contributed by atoms with E-state index in [4.69, 9.17) is 4.74 Å². The number of benzene rings is 2. The molecule has 2 aromatic carbocycles. The van der Waals surface area contributed by atoms with Gasteiger partial charge in [-0.1, -0.05) is 30.3 Å². The molecule has 0 aromatic heterocycles. The van der Waals surface area contributed by atoms with E-state index < -0.39 is 0 Å². The third-order valence-electron chi connectivity index (χ3n) is 2.24. The SMILES string of the molecule is Fc1ccc(OCc2ccccc2)c(Br)c1Br. The van der Waals surface area contributed by atoms with Crippen LogP contribution in [0, 0.1) is 5.82 Å². The van der Waals surface area contributed by atoms with E-state index in [2.05, 4.69) is 31.9 Å². The second kappa shape index (κ2) is 5.65. The van der Waals surface area contributed by atoms with Crippen molar-refractivity contribution in [3.05, 3.63) is 62.8 Å². The van der Waals surface area contributed by atoms with Crippen LogP contribution in [0.25, 0.3) is 0 Å². The molecule has 2 rings (SSSR count). The Labute approximate surface area is 116 Å². The molecule has 0 amide bonds. The molecular formula is C13H9Br2FO. The van der Waals surface area contributed by atoms with Gasteiger partial charge in [-0.2, -0.15) is 0 Å². The number of hydrogen-bond acceptors (Lipinski definition) is 1. The van der Waals surface area contributed by atoms with Crippen LogP contribution >= 0.6 is 31.9 Å². The van der Waals surface area contributed by atoms with Crippen LogP contribution in [0.3, 0.4) is 0 Å². The van der Waals surface area contributed by atoms with Gasteiger partial charge in [0, 0.05) is 0 Å². The Morgan fingerprint density at radius 2 is 1.65 bits per heavy atom. The monoisotopic (exact) mass is 358 g/mol. The third kappa shape index (κ3) is 3.07. The van der Waals surface area contributed by atoms with E-state index in [1.807, 2.05) is 30.3 Å². The van der Waals surface area contributed by atoms with Crippen LogP contribution in [0.15, 0.2) is 51.4 Å². The maximum absolute atomic E-state index is 13.2. The van der Waals surface area contributed by atoms with E-state index in [9.17, 15) is 4.39 Å². The van der Waals surface area contributed by atoms with E-state index in [1.165, 1.54) is 6.07 Å². The quantitative estimate of drug-likeness (QED) is 0.706. The van der Waals surface area contributed by atoms with Gasteiger partial charge in [0.1, 0.15) is 18.2 Å². The smallest absolute Gasteiger partial charge is 0.138 e. The van der Waals surface area contributed by atoms with Gasteiger partial charge in [-0.15, -0.1) is 0 Å². The van der Waals surface area contributed by atoms with E-state index in [-0.39, 0.29) is 5.82 Å². The van der Waals surface area contributed by atoms with Gasteiger partial charge in [0.05, 0.1) is 8.95 Å². The number of rotatable bonds is 3. The number of ether oxygens (including phenoxy) is 1. The van der Waals surface area contributed by atoms with E-state index in [0.29, 0.717) is 21.3 Å². The number of halogens is 3. The maximum atomic E-state index is 13.2. The molecule has 1 nitrogen and oxygen atoms in total. The van der Waals surface area contributed by atoms with Gasteiger partial charge in [-0.3, -0.25) is 0 Å². The first kappa shape index (κ1) is 12.6. The summed E-state index contributed by atoms with van der Waals surface area (Å²) in [5.41, 5.74) is 1.07. The van der Waals surface area contributed by atoms with Crippen molar-refractivity contribution < 1.29 is 9.13 Å². The van der Waals surface area contributed by atoms with E-state index in [0.717, 1.165) is 5.56 Å². The molecule has 0 atom stereocenters. The van der Waals surface area contributed by atoms with E-state index in [1.54, 1.807) is 6.07 Å². The van der Waals surface area contributed by atoms with Gasteiger partial charge in [-0.25, -0.2) is 4.39 Å². The normalized spacial score (nSPS) is 10.3. The van der Waals surface area contributed by atoms with Crippen molar-refractivity contribution in [3.63, 3.8) is 0 Å². The summed E-state index contributed by atoms with van der Waals surface area (Å²) in [6.45, 7) is 0.456. The average Bonchev–Trinajstić information content (AvgIpc) is 2.36. The van der Waals surface area contributed by atoms with Crippen LogP contribution in [0.1, 0.15) is 5.56 Å². The first-order valence-electron chi connectivity index (χ1n) is 4.98. The van der Waals surface area contributed by atoms with Crippen LogP contribution in [-0.4, -0.2) is 0 Å². The van der Waals surface area contributed by atoms with Crippen LogP contribution in [-0.2, 0) is 6.61 Å². The van der Waals surface area contributed by atoms with Gasteiger partial charge in [0.25, 0.3) is 0 Å². The summed E-state index contributed by atoms with van der Waals surface area (Å²) < 4.78 is 19.8. The van der Waals surface area contributed by atoms with E-state index >= 15 is 0 Å². The summed E-state index contributed by atoms with van der Waals surface area (Å²) in [6.07, 6.45) is 0. The Morgan fingerprint density at radius 1 is 0.941 bits per heavy atom. The lowest BCUT2D eigenvalue weighted by atomic mass is 10.2. The highest BCUT2D eigenvalue weighted by Gasteiger charge is 2.09. The molecular weight excluding hydrogens is 351 g/mol. The molecule has 2 aromatic rings. The van der Waals surface area contributed by atoms with Gasteiger partial charge in [0.2, 0.25) is 0 Å². The molecule has 0 bridgehead atoms. The van der Waals surface area contributed by atoms with Crippen molar-refractivity contribution in [3.8, 4) is 5.75 Å². The second-order valence-electron chi connectivity index (χ2n) is 3.45. The van der Waals surface area contributed by atoms with Crippen molar-refractivity contribution >= 4 is 31.9 Å². The topological polar surface area (TPSA) is 9.23 Å². The Kier molecular flexibility index (Phi) is 4.18. The van der Waals surface area contributed by atoms with Crippen molar-refractivity contribution in [2.75, 3.05) is 0 Å². The van der Waals surface area contributed by atoms with Crippen LogP contribution in [0.4, 0.5) is 4.39 Å². The molecule has 0 N–H and O–H groups in total. The largest absolute Gasteiger partial charge is 0.488 e. The lowest BCUT2D eigenvalue weighted by Gasteiger charge is -2.09. The van der Waals surface area contributed by atoms with Crippen LogP contribution in [0.2, 0.25) is 0 Å². The molecule has 0 unspecified atom stereocenters. The molecule has 4 heteroatoms. The molecule has 0 heterocycles. The third-order valence-corrected chi connectivity index (χ3v) is 4.33. The van der Waals surface area contributed by atoms with Crippen molar-refractivity contribution in [1.29, 1.82) is 0 Å². The molecule has 0 saturated heterocycles. The zero-order chi connectivity index (χ0) is 12.3. The Bertz CT molecular complexity index is 514. The molecule has 0 aliphatic carbocycles. The highest BCUT2D eigenvalue weighted by atomic mass is 79.9. The van der Waals surface area contributed by atoms with Crippen LogP contribution in [0.5, 0.6) is 5.75 Å². The Morgan fingerprint density at radius 3 is 2.35 bits per heavy atom. The summed E-state index contributed by atoms with van der Waals surface area (Å²) >= 11 is 6.45. The molecule has 0 radical (unpaired) electrons. The molecule has 17 heavy (non-hydrogen) atoms. The zero-order valence-corrected chi connectivity index (χ0v) is 12.0. The zero-order valence-electron chi connectivity index (χ0n) is 8.79. The van der Waals surface area contributed by atoms with Gasteiger partial charge in [0.15, 0.2) is 0 Å². The Balaban J connectivity index is 2.13. The lowest BCUT2D eigenvalue weighted by molar-refractivity contribution is 0.303. The Hall–Kier alpha value is -0.870. The van der Waals surface area contributed by atoms with Crippen molar-refractivity contribution in [2.45, 2.75) is 6.61 Å². The minimum atomic E-state index is -0.316. The van der Waals surface area contributed by atoms with Crippen molar-refractivity contribution in [1.82, 2.24) is 0 Å². The summed E-state index contributed by atoms with van der Waals surface area (Å²) in [4.78, 5) is 0. The maximum Gasteiger partial charge on any atom is 0.138 e. The highest BCUT2D eigenvalue weighted by molar-refractivity contribution is 9.13. The summed E-state index contributed by atoms with van der Waals surface area (Å²) in [6, 6.07) is 12.8. The van der Waals surface area contributed by atoms with Gasteiger partial charge >= 0.3 is 0 Å². The second-order valence-corrected chi connectivity index (χ2v) is 5.03. The fourth-order valence-electron chi connectivity index (χ4n) is 1.35. The average molecular weight is 360 g/mol. The number of hydrogen-bond donors (Lipinski definition) is 0. The molecule has 0 aliphatic rings. The molecule has 0 fully saturated rings. The molecule has 0 saturated carbocycles. The predicted octanol–water partition coefficient (Wildman–Crippen LogP) is 4.93. The van der Waals surface area contributed by atoms with Gasteiger partial charge < -0.3 is 4.74 Å². The summed E-state index contributed by atoms with van der Waals surface area (Å²) in [7, 11) is 0. The standard InChI is InChI=1S/C13H9Br2FO/c14-12-10(16)6-7-11(13(12)15)17-8-9-4-2-1-3-5-9/h1-7H,8H2. The summed E-state index contributed by atoms with van der Waals surface area (Å²) in [5.74, 6) is 0.297. The van der Waals surface area contributed by atoms with Crippen LogP contribution < -0.4 is 4.74 Å². The fourth-order valence-corrected chi connectivity index (χ4v) is 2.12. The molecule has 88 valence electrons. The minimum Gasteiger partial charge on any atom is -0.488 e. The fraction of sp³-hybridized carbons (Fsp3) is 0.0769. The van der Waals surface area contributed by atoms with Crippen molar-refractivity contribution in [2.24, 2.45) is 0 Å². The lowest BCUT2D eigenvalue weighted by Crippen LogP contribution is -1.96. The first-order valence-corrected chi connectivity index (χ1v) is 6.57. The van der Waals surface area contributed by atoms with Gasteiger partial charge in [-0.05, 0) is 49.6 Å². The predicted molar refractivity (Wildman–Crippen MR) is 72.6 cm³/mol. The molecule has 0 spiro atoms. The molecule has 0 aliphatic heterocycles. The minimum absolute atomic E-state index is 0.316.